The maximum Gasteiger partial charge on any atom is 0.0644 e. The third-order valence-corrected chi connectivity index (χ3v) is 2.53. The highest BCUT2D eigenvalue weighted by Crippen LogP contribution is 2.12. The third kappa shape index (κ3) is 10.4. The van der Waals surface area contributed by atoms with Crippen molar-refractivity contribution in [1.82, 2.24) is 5.32 Å². The highest BCUT2D eigenvalue weighted by Gasteiger charge is 2.15. The zero-order valence-electron chi connectivity index (χ0n) is 11.2. The van der Waals surface area contributed by atoms with Gasteiger partial charge in [-0.1, -0.05) is 0 Å². The van der Waals surface area contributed by atoms with Crippen LogP contribution in [0.3, 0.4) is 0 Å². The Balaban J connectivity index is 3.10. The summed E-state index contributed by atoms with van der Waals surface area (Å²) in [6.45, 7) is 8.37. The van der Waals surface area contributed by atoms with E-state index >= 15 is 0 Å². The second-order valence-corrected chi connectivity index (χ2v) is 4.42. The topological polar surface area (TPSA) is 39.7 Å². The van der Waals surface area contributed by atoms with Gasteiger partial charge in [0.25, 0.3) is 0 Å². The molecule has 0 aliphatic carbocycles. The van der Waals surface area contributed by atoms with Crippen LogP contribution in [-0.4, -0.2) is 52.7 Å². The summed E-state index contributed by atoms with van der Waals surface area (Å²) in [6, 6.07) is 0. The van der Waals surface area contributed by atoms with E-state index in [4.69, 9.17) is 14.2 Å². The zero-order valence-corrected chi connectivity index (χ0v) is 11.2. The third-order valence-electron chi connectivity index (χ3n) is 2.53. The van der Waals surface area contributed by atoms with Gasteiger partial charge in [-0.3, -0.25) is 0 Å². The van der Waals surface area contributed by atoms with Crippen molar-refractivity contribution in [3.63, 3.8) is 0 Å². The van der Waals surface area contributed by atoms with Crippen LogP contribution in [0.2, 0.25) is 0 Å². The smallest absolute Gasteiger partial charge is 0.0644 e. The summed E-state index contributed by atoms with van der Waals surface area (Å²) in [7, 11) is 3.45. The van der Waals surface area contributed by atoms with E-state index in [-0.39, 0.29) is 5.60 Å². The fourth-order valence-corrected chi connectivity index (χ4v) is 1.12. The number of methoxy groups -OCH3 is 2. The van der Waals surface area contributed by atoms with Crippen molar-refractivity contribution in [2.45, 2.75) is 32.3 Å². The summed E-state index contributed by atoms with van der Waals surface area (Å²) in [5, 5.41) is 3.27. The van der Waals surface area contributed by atoms with Crippen molar-refractivity contribution >= 4 is 0 Å². The van der Waals surface area contributed by atoms with Crippen molar-refractivity contribution in [2.24, 2.45) is 0 Å². The van der Waals surface area contributed by atoms with Crippen LogP contribution in [-0.2, 0) is 14.2 Å². The molecule has 0 saturated heterocycles. The molecule has 16 heavy (non-hydrogen) atoms. The maximum atomic E-state index is 5.53. The van der Waals surface area contributed by atoms with Gasteiger partial charge < -0.3 is 19.5 Å². The van der Waals surface area contributed by atoms with E-state index in [2.05, 4.69) is 19.2 Å². The lowest BCUT2D eigenvalue weighted by Gasteiger charge is -2.22. The molecule has 0 fully saturated rings. The zero-order chi connectivity index (χ0) is 12.3. The van der Waals surface area contributed by atoms with Crippen LogP contribution in [0.4, 0.5) is 0 Å². The molecule has 0 aromatic rings. The molecule has 0 radical (unpaired) electrons. The Morgan fingerprint density at radius 3 is 2.38 bits per heavy atom. The monoisotopic (exact) mass is 233 g/mol. The molecular formula is C12H27NO3. The molecule has 0 heterocycles. The SMILES string of the molecule is COCCNCCCOCCC(C)(C)OC. The normalized spacial score (nSPS) is 12.0. The first kappa shape index (κ1) is 15.8. The van der Waals surface area contributed by atoms with E-state index in [0.717, 1.165) is 45.8 Å². The van der Waals surface area contributed by atoms with E-state index in [1.807, 2.05) is 0 Å². The highest BCUT2D eigenvalue weighted by atomic mass is 16.5. The lowest BCUT2D eigenvalue weighted by molar-refractivity contribution is -0.00996. The molecule has 4 heteroatoms. The average Bonchev–Trinajstić information content (AvgIpc) is 2.27. The molecule has 4 nitrogen and oxygen atoms in total. The minimum Gasteiger partial charge on any atom is -0.383 e. The van der Waals surface area contributed by atoms with E-state index in [1.54, 1.807) is 14.2 Å². The van der Waals surface area contributed by atoms with Crippen LogP contribution in [0.1, 0.15) is 26.7 Å². The predicted molar refractivity (Wildman–Crippen MR) is 65.9 cm³/mol. The van der Waals surface area contributed by atoms with Gasteiger partial charge in [0.15, 0.2) is 0 Å². The molecule has 0 atom stereocenters. The van der Waals surface area contributed by atoms with E-state index in [1.165, 1.54) is 0 Å². The first-order valence-electron chi connectivity index (χ1n) is 5.95. The Morgan fingerprint density at radius 1 is 1.00 bits per heavy atom. The van der Waals surface area contributed by atoms with E-state index in [9.17, 15) is 0 Å². The molecule has 0 rings (SSSR count). The molecule has 0 saturated carbocycles. The number of hydrogen-bond donors (Lipinski definition) is 1. The quantitative estimate of drug-likeness (QED) is 0.548. The van der Waals surface area contributed by atoms with Crippen molar-refractivity contribution in [2.75, 3.05) is 47.1 Å². The highest BCUT2D eigenvalue weighted by molar-refractivity contribution is 4.66. The van der Waals surface area contributed by atoms with E-state index in [0.29, 0.717) is 0 Å². The lowest BCUT2D eigenvalue weighted by atomic mass is 10.1. The van der Waals surface area contributed by atoms with Crippen LogP contribution < -0.4 is 5.32 Å². The predicted octanol–water partition coefficient (Wildman–Crippen LogP) is 1.44. The summed E-state index contributed by atoms with van der Waals surface area (Å²) in [5.41, 5.74) is -0.0727. The Labute approximate surface area is 99.6 Å². The van der Waals surface area contributed by atoms with Gasteiger partial charge in [-0.15, -0.1) is 0 Å². The van der Waals surface area contributed by atoms with Gasteiger partial charge in [0.1, 0.15) is 0 Å². The van der Waals surface area contributed by atoms with Gasteiger partial charge in [0.2, 0.25) is 0 Å². The molecule has 0 aliphatic rings. The van der Waals surface area contributed by atoms with Crippen LogP contribution in [0.25, 0.3) is 0 Å². The summed E-state index contributed by atoms with van der Waals surface area (Å²) in [6.07, 6.45) is 1.97. The molecule has 0 amide bonds. The van der Waals surface area contributed by atoms with Gasteiger partial charge in [-0.05, 0) is 33.2 Å². The van der Waals surface area contributed by atoms with Crippen LogP contribution in [0.5, 0.6) is 0 Å². The van der Waals surface area contributed by atoms with Gasteiger partial charge in [-0.2, -0.15) is 0 Å². The molecule has 0 aromatic heterocycles. The van der Waals surface area contributed by atoms with Crippen LogP contribution in [0.15, 0.2) is 0 Å². The molecular weight excluding hydrogens is 206 g/mol. The second kappa shape index (κ2) is 10.0. The Morgan fingerprint density at radius 2 is 1.75 bits per heavy atom. The Bertz CT molecular complexity index is 151. The fourth-order valence-electron chi connectivity index (χ4n) is 1.12. The summed E-state index contributed by atoms with van der Waals surface area (Å²) < 4.78 is 15.8. The maximum absolute atomic E-state index is 5.53. The number of nitrogens with one attached hydrogen (secondary N) is 1. The first-order chi connectivity index (χ1) is 7.62. The number of hydrogen-bond acceptors (Lipinski definition) is 4. The molecule has 1 N–H and O–H groups in total. The second-order valence-electron chi connectivity index (χ2n) is 4.42. The van der Waals surface area contributed by atoms with Gasteiger partial charge in [0, 0.05) is 34.0 Å². The average molecular weight is 233 g/mol. The molecule has 98 valence electrons. The Kier molecular flexibility index (Phi) is 9.92. The van der Waals surface area contributed by atoms with E-state index < -0.39 is 0 Å². The first-order valence-corrected chi connectivity index (χ1v) is 5.95. The van der Waals surface area contributed by atoms with Crippen molar-refractivity contribution in [3.8, 4) is 0 Å². The minimum atomic E-state index is -0.0727. The summed E-state index contributed by atoms with van der Waals surface area (Å²) >= 11 is 0. The molecule has 0 unspecified atom stereocenters. The molecule has 0 bridgehead atoms. The standard InChI is InChI=1S/C12H27NO3/c1-12(2,15-4)6-10-16-9-5-7-13-8-11-14-3/h13H,5-11H2,1-4H3. The van der Waals surface area contributed by atoms with Crippen LogP contribution in [0, 0.1) is 0 Å². The van der Waals surface area contributed by atoms with Gasteiger partial charge in [0.05, 0.1) is 12.2 Å². The summed E-state index contributed by atoms with van der Waals surface area (Å²) in [4.78, 5) is 0. The molecule has 0 aliphatic heterocycles. The van der Waals surface area contributed by atoms with Crippen molar-refractivity contribution in [3.05, 3.63) is 0 Å². The lowest BCUT2D eigenvalue weighted by Crippen LogP contribution is -2.25. The van der Waals surface area contributed by atoms with Gasteiger partial charge >= 0.3 is 0 Å². The van der Waals surface area contributed by atoms with Crippen molar-refractivity contribution in [1.29, 1.82) is 0 Å². The molecule has 0 aromatic carbocycles. The minimum absolute atomic E-state index is 0.0727. The summed E-state index contributed by atoms with van der Waals surface area (Å²) in [5.74, 6) is 0. The molecule has 0 spiro atoms. The number of rotatable bonds is 11. The van der Waals surface area contributed by atoms with Crippen LogP contribution >= 0.6 is 0 Å². The number of ether oxygens (including phenoxy) is 3. The Hall–Kier alpha value is -0.160. The largest absolute Gasteiger partial charge is 0.383 e. The van der Waals surface area contributed by atoms with Gasteiger partial charge in [-0.25, -0.2) is 0 Å². The fraction of sp³-hybridized carbons (Fsp3) is 1.00. The van der Waals surface area contributed by atoms with Crippen molar-refractivity contribution < 1.29 is 14.2 Å².